The van der Waals surface area contributed by atoms with Crippen LogP contribution in [-0.4, -0.2) is 31.7 Å². The maximum Gasteiger partial charge on any atom is 0.341 e. The molecular formula is C12H17NO3S. The summed E-state index contributed by atoms with van der Waals surface area (Å²) in [4.78, 5) is 11.5. The Balaban J connectivity index is 2.73. The molecule has 1 aromatic rings. The van der Waals surface area contributed by atoms with Crippen LogP contribution in [0, 0.1) is 0 Å². The molecule has 0 fully saturated rings. The number of anilines is 1. The smallest absolute Gasteiger partial charge is 0.341 e. The summed E-state index contributed by atoms with van der Waals surface area (Å²) >= 11 is 1.76. The van der Waals surface area contributed by atoms with Gasteiger partial charge in [0.2, 0.25) is 0 Å². The van der Waals surface area contributed by atoms with Gasteiger partial charge in [-0.1, -0.05) is 0 Å². The Hall–Kier alpha value is -1.36. The number of nitrogens with two attached hydrogens (primary N) is 1. The van der Waals surface area contributed by atoms with E-state index in [-0.39, 0.29) is 0 Å². The van der Waals surface area contributed by atoms with Crippen LogP contribution < -0.4 is 10.5 Å². The molecule has 94 valence electrons. The van der Waals surface area contributed by atoms with Gasteiger partial charge in [0, 0.05) is 11.8 Å². The largest absolute Gasteiger partial charge is 0.493 e. The van der Waals surface area contributed by atoms with Gasteiger partial charge < -0.3 is 15.2 Å². The van der Waals surface area contributed by atoms with E-state index in [1.54, 1.807) is 30.0 Å². The number of methoxy groups -OCH3 is 1. The van der Waals surface area contributed by atoms with E-state index in [9.17, 15) is 4.79 Å². The molecule has 1 aromatic carbocycles. The van der Waals surface area contributed by atoms with Gasteiger partial charge >= 0.3 is 5.97 Å². The lowest BCUT2D eigenvalue weighted by Crippen LogP contribution is -2.07. The van der Waals surface area contributed by atoms with Crippen molar-refractivity contribution in [2.75, 3.05) is 31.5 Å². The van der Waals surface area contributed by atoms with Crippen LogP contribution in [0.4, 0.5) is 5.69 Å². The molecule has 0 spiro atoms. The van der Waals surface area contributed by atoms with E-state index in [0.717, 1.165) is 12.2 Å². The molecule has 5 heteroatoms. The molecule has 0 aliphatic carbocycles. The van der Waals surface area contributed by atoms with E-state index in [4.69, 9.17) is 10.5 Å². The zero-order valence-corrected chi connectivity index (χ0v) is 10.9. The van der Waals surface area contributed by atoms with E-state index < -0.39 is 5.97 Å². The predicted molar refractivity (Wildman–Crippen MR) is 70.7 cm³/mol. The lowest BCUT2D eigenvalue weighted by Gasteiger charge is -2.10. The van der Waals surface area contributed by atoms with Gasteiger partial charge in [-0.15, -0.1) is 0 Å². The number of ether oxygens (including phenoxy) is 2. The fraction of sp³-hybridized carbons (Fsp3) is 0.417. The Bertz CT molecular complexity index is 382. The van der Waals surface area contributed by atoms with Crippen molar-refractivity contribution >= 4 is 23.4 Å². The van der Waals surface area contributed by atoms with Crippen molar-refractivity contribution in [1.82, 2.24) is 0 Å². The van der Waals surface area contributed by atoms with Gasteiger partial charge in [0.1, 0.15) is 11.3 Å². The van der Waals surface area contributed by atoms with Gasteiger partial charge in [0.05, 0.1) is 13.7 Å². The number of carbonyl (C=O) groups is 1. The van der Waals surface area contributed by atoms with E-state index in [2.05, 4.69) is 4.74 Å². The van der Waals surface area contributed by atoms with Crippen LogP contribution in [0.3, 0.4) is 0 Å². The Kier molecular flexibility index (Phi) is 5.69. The highest BCUT2D eigenvalue weighted by atomic mass is 32.2. The van der Waals surface area contributed by atoms with Crippen molar-refractivity contribution in [3.8, 4) is 5.75 Å². The first-order valence-corrected chi connectivity index (χ1v) is 6.68. The first-order chi connectivity index (χ1) is 8.19. The molecule has 4 nitrogen and oxygen atoms in total. The van der Waals surface area contributed by atoms with Crippen LogP contribution >= 0.6 is 11.8 Å². The summed E-state index contributed by atoms with van der Waals surface area (Å²) in [6.07, 6.45) is 2.97. The second-order valence-corrected chi connectivity index (χ2v) is 4.43. The van der Waals surface area contributed by atoms with Crippen molar-refractivity contribution < 1.29 is 14.3 Å². The first kappa shape index (κ1) is 13.7. The number of carbonyl (C=O) groups excluding carboxylic acids is 1. The minimum absolute atomic E-state index is 0.408. The van der Waals surface area contributed by atoms with E-state index in [1.807, 2.05) is 6.26 Å². The lowest BCUT2D eigenvalue weighted by molar-refractivity contribution is 0.0596. The molecule has 0 saturated heterocycles. The summed E-state index contributed by atoms with van der Waals surface area (Å²) in [6.45, 7) is 0.564. The summed E-state index contributed by atoms with van der Waals surface area (Å²) in [6, 6.07) is 4.91. The Morgan fingerprint density at radius 3 is 2.88 bits per heavy atom. The predicted octanol–water partition coefficient (Wildman–Crippen LogP) is 2.19. The normalized spacial score (nSPS) is 10.0. The van der Waals surface area contributed by atoms with Crippen LogP contribution in [-0.2, 0) is 4.74 Å². The highest BCUT2D eigenvalue weighted by molar-refractivity contribution is 7.98. The molecule has 0 heterocycles. The quantitative estimate of drug-likeness (QED) is 0.479. The molecular weight excluding hydrogens is 238 g/mol. The fourth-order valence-corrected chi connectivity index (χ4v) is 1.73. The van der Waals surface area contributed by atoms with Crippen molar-refractivity contribution in [3.05, 3.63) is 23.8 Å². The van der Waals surface area contributed by atoms with Crippen molar-refractivity contribution in [2.24, 2.45) is 0 Å². The lowest BCUT2D eigenvalue weighted by atomic mass is 10.2. The molecule has 2 N–H and O–H groups in total. The van der Waals surface area contributed by atoms with Gasteiger partial charge in [-0.3, -0.25) is 0 Å². The number of hydrogen-bond acceptors (Lipinski definition) is 5. The molecule has 0 aliphatic rings. The maximum atomic E-state index is 11.5. The van der Waals surface area contributed by atoms with E-state index >= 15 is 0 Å². The van der Waals surface area contributed by atoms with Gasteiger partial charge in [-0.25, -0.2) is 4.79 Å². The third-order valence-electron chi connectivity index (χ3n) is 2.16. The van der Waals surface area contributed by atoms with Crippen LogP contribution in [0.1, 0.15) is 16.8 Å². The maximum absolute atomic E-state index is 11.5. The highest BCUT2D eigenvalue weighted by Gasteiger charge is 2.13. The molecule has 0 aliphatic heterocycles. The average molecular weight is 255 g/mol. The Morgan fingerprint density at radius 2 is 2.24 bits per heavy atom. The summed E-state index contributed by atoms with van der Waals surface area (Å²) in [7, 11) is 1.34. The van der Waals surface area contributed by atoms with Gasteiger partial charge in [-0.05, 0) is 30.6 Å². The third kappa shape index (κ3) is 4.19. The number of benzene rings is 1. The Morgan fingerprint density at radius 1 is 1.47 bits per heavy atom. The van der Waals surface area contributed by atoms with Crippen LogP contribution in [0.15, 0.2) is 18.2 Å². The fourth-order valence-electron chi connectivity index (χ4n) is 1.32. The number of esters is 1. The minimum Gasteiger partial charge on any atom is -0.493 e. The van der Waals surface area contributed by atoms with Crippen LogP contribution in [0.2, 0.25) is 0 Å². The summed E-state index contributed by atoms with van der Waals surface area (Å²) < 4.78 is 10.2. The molecule has 0 unspecified atom stereocenters. The molecule has 17 heavy (non-hydrogen) atoms. The monoisotopic (exact) mass is 255 g/mol. The van der Waals surface area contributed by atoms with Crippen LogP contribution in [0.5, 0.6) is 5.75 Å². The molecule has 0 aromatic heterocycles. The van der Waals surface area contributed by atoms with Crippen LogP contribution in [0.25, 0.3) is 0 Å². The summed E-state index contributed by atoms with van der Waals surface area (Å²) in [5, 5.41) is 0. The minimum atomic E-state index is -0.412. The number of rotatable bonds is 6. The molecule has 0 saturated carbocycles. The zero-order chi connectivity index (χ0) is 12.7. The molecule has 0 bridgehead atoms. The number of hydrogen-bond donors (Lipinski definition) is 1. The molecule has 0 radical (unpaired) electrons. The average Bonchev–Trinajstić information content (AvgIpc) is 2.34. The molecule has 0 atom stereocenters. The number of thioether (sulfide) groups is 1. The van der Waals surface area contributed by atoms with E-state index in [0.29, 0.717) is 23.6 Å². The first-order valence-electron chi connectivity index (χ1n) is 5.28. The standard InChI is InChI=1S/C12H17NO3S/c1-15-12(14)10-5-4-9(13)8-11(10)16-6-3-7-17-2/h4-5,8H,3,6-7,13H2,1-2H3. The SMILES string of the molecule is COC(=O)c1ccc(N)cc1OCCCSC. The highest BCUT2D eigenvalue weighted by Crippen LogP contribution is 2.22. The van der Waals surface area contributed by atoms with Crippen molar-refractivity contribution in [1.29, 1.82) is 0 Å². The van der Waals surface area contributed by atoms with Crippen molar-refractivity contribution in [3.63, 3.8) is 0 Å². The second kappa shape index (κ2) is 7.06. The second-order valence-electron chi connectivity index (χ2n) is 3.44. The summed E-state index contributed by atoms with van der Waals surface area (Å²) in [5.74, 6) is 1.10. The third-order valence-corrected chi connectivity index (χ3v) is 2.86. The molecule has 1 rings (SSSR count). The van der Waals surface area contributed by atoms with Gasteiger partial charge in [-0.2, -0.15) is 11.8 Å². The van der Waals surface area contributed by atoms with Crippen molar-refractivity contribution in [2.45, 2.75) is 6.42 Å². The summed E-state index contributed by atoms with van der Waals surface area (Å²) in [5.41, 5.74) is 6.64. The van der Waals surface area contributed by atoms with Gasteiger partial charge in [0.25, 0.3) is 0 Å². The van der Waals surface area contributed by atoms with Gasteiger partial charge in [0.15, 0.2) is 0 Å². The van der Waals surface area contributed by atoms with E-state index in [1.165, 1.54) is 7.11 Å². The Labute approximate surface area is 105 Å². The topological polar surface area (TPSA) is 61.5 Å². The molecule has 0 amide bonds. The number of nitrogen functional groups attached to an aromatic ring is 1. The zero-order valence-electron chi connectivity index (χ0n) is 10.1.